The van der Waals surface area contributed by atoms with Crippen LogP contribution in [0.25, 0.3) is 0 Å². The van der Waals surface area contributed by atoms with Crippen LogP contribution in [-0.2, 0) is 11.2 Å². The molecule has 0 aromatic heterocycles. The first-order chi connectivity index (χ1) is 8.70. The minimum Gasteiger partial charge on any atom is -0.338 e. The number of carbonyl (C=O) groups is 1. The number of halogens is 2. The van der Waals surface area contributed by atoms with Gasteiger partial charge in [-0.3, -0.25) is 4.79 Å². The van der Waals surface area contributed by atoms with Crippen molar-refractivity contribution in [2.24, 2.45) is 5.73 Å². The van der Waals surface area contributed by atoms with Crippen LogP contribution in [0.15, 0.2) is 24.3 Å². The lowest BCUT2D eigenvalue weighted by atomic mass is 10.1. The molecule has 1 aromatic rings. The average molecular weight is 303 g/mol. The number of nitrogens with zero attached hydrogens (tertiary/aromatic N) is 1. The summed E-state index contributed by atoms with van der Waals surface area (Å²) in [5, 5.41) is 0.729. The molecule has 1 aromatic carbocycles. The first-order valence-electron chi connectivity index (χ1n) is 6.44. The van der Waals surface area contributed by atoms with E-state index >= 15 is 0 Å². The van der Waals surface area contributed by atoms with E-state index in [1.165, 1.54) is 0 Å². The van der Waals surface area contributed by atoms with Crippen molar-refractivity contribution in [1.82, 2.24) is 4.90 Å². The minimum absolute atomic E-state index is 0. The van der Waals surface area contributed by atoms with E-state index in [2.05, 4.69) is 0 Å². The first-order valence-corrected chi connectivity index (χ1v) is 6.82. The van der Waals surface area contributed by atoms with Crippen molar-refractivity contribution in [2.75, 3.05) is 13.1 Å². The van der Waals surface area contributed by atoms with Crippen LogP contribution in [-0.4, -0.2) is 29.9 Å². The van der Waals surface area contributed by atoms with Crippen molar-refractivity contribution in [2.45, 2.75) is 31.7 Å². The third-order valence-electron chi connectivity index (χ3n) is 3.51. The summed E-state index contributed by atoms with van der Waals surface area (Å²) >= 11 is 5.83. The Morgan fingerprint density at radius 1 is 1.37 bits per heavy atom. The molecule has 1 heterocycles. The SMILES string of the molecule is Cl.NCC1CCCN1C(=O)CCc1ccc(Cl)cc1. The van der Waals surface area contributed by atoms with Crippen LogP contribution in [0.1, 0.15) is 24.8 Å². The predicted octanol–water partition coefficient (Wildman–Crippen LogP) is 2.64. The van der Waals surface area contributed by atoms with E-state index < -0.39 is 0 Å². The van der Waals surface area contributed by atoms with E-state index in [1.807, 2.05) is 29.2 Å². The molecule has 3 nitrogen and oxygen atoms in total. The summed E-state index contributed by atoms with van der Waals surface area (Å²) in [7, 11) is 0. The topological polar surface area (TPSA) is 46.3 Å². The second kappa shape index (κ2) is 7.73. The van der Waals surface area contributed by atoms with Gasteiger partial charge in [-0.25, -0.2) is 0 Å². The lowest BCUT2D eigenvalue weighted by Gasteiger charge is -2.23. The Bertz CT molecular complexity index is 408. The molecular formula is C14H20Cl2N2O. The number of nitrogens with two attached hydrogens (primary N) is 1. The normalized spacial score (nSPS) is 18.2. The maximum Gasteiger partial charge on any atom is 0.223 e. The number of rotatable bonds is 4. The Balaban J connectivity index is 0.00000180. The molecule has 1 aliphatic heterocycles. The van der Waals surface area contributed by atoms with Crippen molar-refractivity contribution < 1.29 is 4.79 Å². The largest absolute Gasteiger partial charge is 0.338 e. The van der Waals surface area contributed by atoms with Crippen LogP contribution in [0.5, 0.6) is 0 Å². The third-order valence-corrected chi connectivity index (χ3v) is 3.76. The van der Waals surface area contributed by atoms with Crippen molar-refractivity contribution >= 4 is 29.9 Å². The molecule has 1 amide bonds. The van der Waals surface area contributed by atoms with E-state index in [-0.39, 0.29) is 24.4 Å². The Morgan fingerprint density at radius 3 is 2.68 bits per heavy atom. The second-order valence-corrected chi connectivity index (χ2v) is 5.18. The van der Waals surface area contributed by atoms with Gasteiger partial charge in [0.15, 0.2) is 0 Å². The summed E-state index contributed by atoms with van der Waals surface area (Å²) in [4.78, 5) is 14.0. The fourth-order valence-electron chi connectivity index (χ4n) is 2.46. The van der Waals surface area contributed by atoms with Crippen molar-refractivity contribution in [1.29, 1.82) is 0 Å². The zero-order chi connectivity index (χ0) is 13.0. The van der Waals surface area contributed by atoms with Gasteiger partial charge < -0.3 is 10.6 Å². The van der Waals surface area contributed by atoms with Crippen molar-refractivity contribution in [3.8, 4) is 0 Å². The Kier molecular flexibility index (Phi) is 6.63. The molecule has 1 aliphatic rings. The molecule has 1 fully saturated rings. The van der Waals surface area contributed by atoms with Crippen LogP contribution in [0.2, 0.25) is 5.02 Å². The Morgan fingerprint density at radius 2 is 2.05 bits per heavy atom. The summed E-state index contributed by atoms with van der Waals surface area (Å²) < 4.78 is 0. The van der Waals surface area contributed by atoms with Crippen LogP contribution >= 0.6 is 24.0 Å². The predicted molar refractivity (Wildman–Crippen MR) is 80.8 cm³/mol. The molecule has 1 saturated heterocycles. The van der Waals surface area contributed by atoms with Gasteiger partial charge >= 0.3 is 0 Å². The van der Waals surface area contributed by atoms with Crippen LogP contribution in [0.4, 0.5) is 0 Å². The average Bonchev–Trinajstić information content (AvgIpc) is 2.86. The summed E-state index contributed by atoms with van der Waals surface area (Å²) in [5.41, 5.74) is 6.83. The maximum absolute atomic E-state index is 12.1. The van der Waals surface area contributed by atoms with Gasteiger partial charge in [0.2, 0.25) is 5.91 Å². The van der Waals surface area contributed by atoms with Gasteiger partial charge in [-0.15, -0.1) is 12.4 Å². The maximum atomic E-state index is 12.1. The smallest absolute Gasteiger partial charge is 0.223 e. The molecule has 0 saturated carbocycles. The summed E-state index contributed by atoms with van der Waals surface area (Å²) in [6.07, 6.45) is 3.44. The highest BCUT2D eigenvalue weighted by Crippen LogP contribution is 2.18. The molecule has 1 atom stereocenters. The van der Waals surface area contributed by atoms with Crippen LogP contribution < -0.4 is 5.73 Å². The van der Waals surface area contributed by atoms with E-state index in [4.69, 9.17) is 17.3 Å². The molecule has 0 radical (unpaired) electrons. The van der Waals surface area contributed by atoms with Crippen LogP contribution in [0.3, 0.4) is 0 Å². The summed E-state index contributed by atoms with van der Waals surface area (Å²) in [6.45, 7) is 1.44. The van der Waals surface area contributed by atoms with Gasteiger partial charge in [0.25, 0.3) is 0 Å². The first kappa shape index (κ1) is 16.3. The number of hydrogen-bond donors (Lipinski definition) is 1. The molecule has 2 N–H and O–H groups in total. The number of carbonyl (C=O) groups excluding carboxylic acids is 1. The molecule has 0 spiro atoms. The zero-order valence-corrected chi connectivity index (χ0v) is 12.4. The highest BCUT2D eigenvalue weighted by Gasteiger charge is 2.26. The fourth-order valence-corrected chi connectivity index (χ4v) is 2.58. The van der Waals surface area contributed by atoms with Gasteiger partial charge in [-0.2, -0.15) is 0 Å². The summed E-state index contributed by atoms with van der Waals surface area (Å²) in [5.74, 6) is 0.220. The van der Waals surface area contributed by atoms with E-state index in [1.54, 1.807) is 0 Å². The highest BCUT2D eigenvalue weighted by molar-refractivity contribution is 6.30. The van der Waals surface area contributed by atoms with Gasteiger partial charge in [0.1, 0.15) is 0 Å². The molecule has 106 valence electrons. The highest BCUT2D eigenvalue weighted by atomic mass is 35.5. The van der Waals surface area contributed by atoms with E-state index in [0.717, 1.165) is 36.4 Å². The fraction of sp³-hybridized carbons (Fsp3) is 0.500. The van der Waals surface area contributed by atoms with Crippen LogP contribution in [0, 0.1) is 0 Å². The standard InChI is InChI=1S/C14H19ClN2O.ClH/c15-12-6-3-11(4-7-12)5-8-14(18)17-9-1-2-13(17)10-16;/h3-4,6-7,13H,1-2,5,8-10,16H2;1H. The van der Waals surface area contributed by atoms with Gasteiger partial charge in [0.05, 0.1) is 0 Å². The number of aryl methyl sites for hydroxylation is 1. The van der Waals surface area contributed by atoms with Gasteiger partial charge in [-0.1, -0.05) is 23.7 Å². The van der Waals surface area contributed by atoms with E-state index in [9.17, 15) is 4.79 Å². The molecule has 2 rings (SSSR count). The molecule has 0 bridgehead atoms. The molecule has 1 unspecified atom stereocenters. The Labute approximate surface area is 125 Å². The minimum atomic E-state index is 0. The van der Waals surface area contributed by atoms with Gasteiger partial charge in [0, 0.05) is 30.6 Å². The number of hydrogen-bond acceptors (Lipinski definition) is 2. The Hall–Kier alpha value is -0.770. The monoisotopic (exact) mass is 302 g/mol. The number of amides is 1. The second-order valence-electron chi connectivity index (χ2n) is 4.75. The molecule has 5 heteroatoms. The summed E-state index contributed by atoms with van der Waals surface area (Å²) in [6, 6.07) is 7.92. The quantitative estimate of drug-likeness (QED) is 0.929. The molecule has 0 aliphatic carbocycles. The zero-order valence-electron chi connectivity index (χ0n) is 10.8. The number of likely N-dealkylation sites (tertiary alicyclic amines) is 1. The third kappa shape index (κ3) is 4.37. The lowest BCUT2D eigenvalue weighted by Crippen LogP contribution is -2.39. The molecular weight excluding hydrogens is 283 g/mol. The molecule has 19 heavy (non-hydrogen) atoms. The van der Waals surface area contributed by atoms with Crippen molar-refractivity contribution in [3.05, 3.63) is 34.9 Å². The lowest BCUT2D eigenvalue weighted by molar-refractivity contribution is -0.131. The van der Waals surface area contributed by atoms with E-state index in [0.29, 0.717) is 13.0 Å². The van der Waals surface area contributed by atoms with Crippen molar-refractivity contribution in [3.63, 3.8) is 0 Å². The van der Waals surface area contributed by atoms with Gasteiger partial charge in [-0.05, 0) is 37.0 Å². The number of benzene rings is 1.